The van der Waals surface area contributed by atoms with Crippen molar-refractivity contribution in [3.05, 3.63) is 48.6 Å². The summed E-state index contributed by atoms with van der Waals surface area (Å²) in [4.78, 5) is 87.2. The Kier molecular flexibility index (Phi) is 20.7. The van der Waals surface area contributed by atoms with Crippen LogP contribution in [0.5, 0.6) is 0 Å². The maximum Gasteiger partial charge on any atom is 0.338 e. The number of carbonyl (C=O) groups excluding carboxylic acids is 6. The predicted molar refractivity (Wildman–Crippen MR) is 200 cm³/mol. The Hall–Kier alpha value is -4.30. The van der Waals surface area contributed by atoms with E-state index in [1.807, 2.05) is 6.08 Å². The average Bonchev–Trinajstić information content (AvgIpc) is 3.17. The number of esters is 6. The molecule has 0 radical (unpaired) electrons. The molecule has 0 spiro atoms. The first-order chi connectivity index (χ1) is 28.4. The molecule has 0 saturated carbocycles. The first-order valence-corrected chi connectivity index (χ1v) is 20.8. The van der Waals surface area contributed by atoms with Gasteiger partial charge in [0.25, 0.3) is 7.82 Å². The fourth-order valence-corrected chi connectivity index (χ4v) is 7.06. The van der Waals surface area contributed by atoms with Crippen molar-refractivity contribution in [2.24, 2.45) is 0 Å². The summed E-state index contributed by atoms with van der Waals surface area (Å²) in [6, 6.07) is 7.24. The molecule has 336 valence electrons. The summed E-state index contributed by atoms with van der Waals surface area (Å²) in [7, 11) is -5.33. The molecule has 2 heterocycles. The van der Waals surface area contributed by atoms with Crippen LogP contribution in [0.25, 0.3) is 0 Å². The van der Waals surface area contributed by atoms with Gasteiger partial charge in [-0.2, -0.15) is 0 Å². The Morgan fingerprint density at radius 3 is 1.77 bits per heavy atom. The molecule has 0 aliphatic carbocycles. The monoisotopic (exact) mass is 875 g/mol. The van der Waals surface area contributed by atoms with E-state index in [4.69, 9.17) is 51.7 Å². The summed E-state index contributed by atoms with van der Waals surface area (Å²) in [6.45, 7) is 6.97. The lowest BCUT2D eigenvalue weighted by Crippen LogP contribution is -2.66. The number of hydrogen-bond acceptors (Lipinski definition) is 19. The van der Waals surface area contributed by atoms with Crippen molar-refractivity contribution < 1.29 is 94.3 Å². The van der Waals surface area contributed by atoms with Crippen LogP contribution in [0.2, 0.25) is 0 Å². The number of alkyl halides is 1. The molecular formula is C39H53FO19P-. The molecule has 1 aromatic rings. The van der Waals surface area contributed by atoms with E-state index < -0.39 is 118 Å². The Balaban J connectivity index is 2.00. The second-order valence-electron chi connectivity index (χ2n) is 13.8. The lowest BCUT2D eigenvalue weighted by Gasteiger charge is -2.48. The maximum atomic E-state index is 17.2. The molecule has 2 fully saturated rings. The third-order valence-corrected chi connectivity index (χ3v) is 9.76. The van der Waals surface area contributed by atoms with Crippen LogP contribution < -0.4 is 4.89 Å². The van der Waals surface area contributed by atoms with Crippen molar-refractivity contribution in [1.29, 1.82) is 0 Å². The largest absolute Gasteiger partial charge is 0.756 e. The summed E-state index contributed by atoms with van der Waals surface area (Å²) in [6.07, 6.45) is -12.2. The Morgan fingerprint density at radius 2 is 1.20 bits per heavy atom. The molecule has 1 unspecified atom stereocenters. The molecule has 11 atom stereocenters. The van der Waals surface area contributed by atoms with Gasteiger partial charge in [0.2, 0.25) is 6.29 Å². The first-order valence-electron chi connectivity index (χ1n) is 19.3. The minimum Gasteiger partial charge on any atom is -0.756 e. The van der Waals surface area contributed by atoms with E-state index >= 15 is 4.39 Å². The number of ether oxygens (including phenoxy) is 9. The van der Waals surface area contributed by atoms with E-state index in [0.717, 1.165) is 66.7 Å². The van der Waals surface area contributed by atoms with Gasteiger partial charge in [0, 0.05) is 34.6 Å². The zero-order chi connectivity index (χ0) is 44.4. The SMILES string of the molecule is C=CCCCCCCCCOP(=O)([O-])O[C@H]1O[C@H](COC(C)=O)[C@@H](O[C@@H]2O[C@H](COC(C)=O)[C@H](OC(C)=O)[C@H](OC(C)=O)[C@H]2OC(C)=O)[C@H](F)[C@@H]1OC(=O)c1ccccc1. The van der Waals surface area contributed by atoms with Crippen LogP contribution in [-0.4, -0.2) is 117 Å². The summed E-state index contributed by atoms with van der Waals surface area (Å²) in [5.41, 5.74) is -0.0754. The highest BCUT2D eigenvalue weighted by molar-refractivity contribution is 7.45. The molecule has 2 aliphatic rings. The van der Waals surface area contributed by atoms with Crippen molar-refractivity contribution in [3.63, 3.8) is 0 Å². The molecule has 21 heteroatoms. The summed E-state index contributed by atoms with van der Waals surface area (Å²) >= 11 is 0. The number of phosphoric ester groups is 1. The minimum absolute atomic E-state index is 0.0754. The molecule has 1 aromatic carbocycles. The Morgan fingerprint density at radius 1 is 0.683 bits per heavy atom. The lowest BCUT2D eigenvalue weighted by molar-refractivity contribution is -0.352. The molecule has 2 aliphatic heterocycles. The summed E-state index contributed by atoms with van der Waals surface area (Å²) in [5, 5.41) is 0. The second kappa shape index (κ2) is 24.8. The van der Waals surface area contributed by atoms with E-state index in [9.17, 15) is 38.2 Å². The predicted octanol–water partition coefficient (Wildman–Crippen LogP) is 3.72. The number of benzene rings is 1. The zero-order valence-corrected chi connectivity index (χ0v) is 35.0. The van der Waals surface area contributed by atoms with Crippen molar-refractivity contribution in [2.75, 3.05) is 19.8 Å². The van der Waals surface area contributed by atoms with Gasteiger partial charge in [0.05, 0.1) is 12.2 Å². The first kappa shape index (κ1) is 50.1. The van der Waals surface area contributed by atoms with Crippen LogP contribution in [0.4, 0.5) is 4.39 Å². The van der Waals surface area contributed by atoms with Gasteiger partial charge in [-0.1, -0.05) is 50.0 Å². The normalized spacial score (nSPS) is 27.3. The van der Waals surface area contributed by atoms with Crippen molar-refractivity contribution in [3.8, 4) is 0 Å². The minimum atomic E-state index is -5.33. The number of allylic oxidation sites excluding steroid dienone is 1. The van der Waals surface area contributed by atoms with Gasteiger partial charge in [0.15, 0.2) is 36.9 Å². The fourth-order valence-electron chi connectivity index (χ4n) is 6.22. The van der Waals surface area contributed by atoms with Crippen LogP contribution >= 0.6 is 7.82 Å². The van der Waals surface area contributed by atoms with Gasteiger partial charge in [-0.25, -0.2) is 9.18 Å². The van der Waals surface area contributed by atoms with Gasteiger partial charge in [-0.3, -0.25) is 33.1 Å². The van der Waals surface area contributed by atoms with E-state index in [1.165, 1.54) is 24.3 Å². The number of phosphoric acid groups is 1. The number of rotatable bonds is 23. The topological polar surface area (TPSA) is 244 Å². The van der Waals surface area contributed by atoms with Crippen LogP contribution in [0, 0.1) is 0 Å². The highest BCUT2D eigenvalue weighted by atomic mass is 31.2. The van der Waals surface area contributed by atoms with Crippen LogP contribution in [0.1, 0.15) is 89.9 Å². The van der Waals surface area contributed by atoms with E-state index in [-0.39, 0.29) is 12.2 Å². The molecule has 0 N–H and O–H groups in total. The maximum absolute atomic E-state index is 17.2. The van der Waals surface area contributed by atoms with Gasteiger partial charge in [-0.15, -0.1) is 6.58 Å². The van der Waals surface area contributed by atoms with E-state index in [2.05, 4.69) is 6.58 Å². The third kappa shape index (κ3) is 16.6. The van der Waals surface area contributed by atoms with Gasteiger partial charge in [-0.05, 0) is 31.4 Å². The molecule has 2 saturated heterocycles. The number of unbranched alkanes of at least 4 members (excludes halogenated alkanes) is 6. The molecule has 3 rings (SSSR count). The smallest absolute Gasteiger partial charge is 0.338 e. The van der Waals surface area contributed by atoms with Crippen LogP contribution in [0.15, 0.2) is 43.0 Å². The molecule has 19 nitrogen and oxygen atoms in total. The molecule has 0 amide bonds. The number of hydrogen-bond donors (Lipinski definition) is 0. The quantitative estimate of drug-likeness (QED) is 0.0500. The Labute approximate surface area is 347 Å². The van der Waals surface area contributed by atoms with E-state index in [1.54, 1.807) is 6.07 Å². The Bertz CT molecular complexity index is 1640. The lowest BCUT2D eigenvalue weighted by atomic mass is 9.96. The van der Waals surface area contributed by atoms with Gasteiger partial charge >= 0.3 is 35.8 Å². The van der Waals surface area contributed by atoms with Crippen molar-refractivity contribution >= 4 is 43.6 Å². The van der Waals surface area contributed by atoms with E-state index in [0.29, 0.717) is 12.8 Å². The number of halogens is 1. The molecule has 60 heavy (non-hydrogen) atoms. The highest BCUT2D eigenvalue weighted by Crippen LogP contribution is 2.44. The highest BCUT2D eigenvalue weighted by Gasteiger charge is 2.57. The van der Waals surface area contributed by atoms with Gasteiger partial charge in [0.1, 0.15) is 31.5 Å². The average molecular weight is 876 g/mol. The standard InChI is InChI=1S/C39H54FO19P/c1-7-8-9-10-11-12-13-17-20-51-60(47,48)59-39-34(57-37(46)28-18-15-14-16-19-28)31(40)32(29(56-39)21-49-23(2)41)58-38-36(54-27(6)45)35(53-26(5)44)33(52-25(4)43)30(55-38)22-50-24(3)42/h7,14-16,18-19,29-36,38-39H,1,8-13,17,20-22H2,2-6H3,(H,47,48)/p-1/t29-,30-,31+,32-,33+,34+,35+,36-,38+,39-/m1/s1. The number of carbonyl (C=O) groups is 6. The van der Waals surface area contributed by atoms with Gasteiger partial charge < -0.3 is 52.0 Å². The third-order valence-electron chi connectivity index (χ3n) is 8.80. The molecule has 0 bridgehead atoms. The van der Waals surface area contributed by atoms with Crippen LogP contribution in [0.3, 0.4) is 0 Å². The molecular weight excluding hydrogens is 822 g/mol. The van der Waals surface area contributed by atoms with Crippen LogP contribution in [-0.2, 0) is 80.2 Å². The van der Waals surface area contributed by atoms with Crippen molar-refractivity contribution in [2.45, 2.75) is 141 Å². The zero-order valence-electron chi connectivity index (χ0n) is 34.1. The summed E-state index contributed by atoms with van der Waals surface area (Å²) < 4.78 is 90.2. The molecule has 0 aromatic heterocycles. The second-order valence-corrected chi connectivity index (χ2v) is 15.1. The fraction of sp³-hybridized carbons (Fsp3) is 0.641. The van der Waals surface area contributed by atoms with Crippen molar-refractivity contribution in [1.82, 2.24) is 0 Å². The summed E-state index contributed by atoms with van der Waals surface area (Å²) in [5.74, 6) is -5.70.